The Morgan fingerprint density at radius 1 is 1.50 bits per heavy atom. The number of phenols is 1. The van der Waals surface area contributed by atoms with Crippen molar-refractivity contribution in [1.29, 1.82) is 0 Å². The van der Waals surface area contributed by atoms with Crippen LogP contribution in [0.25, 0.3) is 0 Å². The summed E-state index contributed by atoms with van der Waals surface area (Å²) in [4.78, 5) is 10.8. The first-order chi connectivity index (χ1) is 7.00. The summed E-state index contributed by atoms with van der Waals surface area (Å²) in [5.74, 6) is -0.0497. The minimum atomic E-state index is -0.259. The number of phenolic OH excluding ortho intramolecular Hbond substituents is 1. The van der Waals surface area contributed by atoms with Crippen molar-refractivity contribution in [2.75, 3.05) is 0 Å². The quantitative estimate of drug-likeness (QED) is 0.823. The van der Waals surface area contributed by atoms with Gasteiger partial charge in [-0.3, -0.25) is 4.79 Å². The van der Waals surface area contributed by atoms with Gasteiger partial charge in [-0.2, -0.15) is 0 Å². The van der Waals surface area contributed by atoms with Crippen molar-refractivity contribution in [2.45, 2.75) is 34.1 Å². The Kier molecular flexibility index (Phi) is 5.57. The molecule has 1 rings (SSSR count). The van der Waals surface area contributed by atoms with Crippen molar-refractivity contribution in [3.63, 3.8) is 0 Å². The second kappa shape index (κ2) is 6.16. The SMILES string of the molecule is C.Cc1cc(CC[C@H](C)C(N)=O)ccc1O. The standard InChI is InChI=1S/C12H17NO2.CH4/c1-8(12(13)15)3-4-10-5-6-11(14)9(2)7-10;/h5-8,14H,3-4H2,1-2H3,(H2,13,15);1H4/t8-;/m0./s1. The largest absolute Gasteiger partial charge is 0.508 e. The van der Waals surface area contributed by atoms with Gasteiger partial charge in [0.15, 0.2) is 0 Å². The van der Waals surface area contributed by atoms with E-state index in [1.807, 2.05) is 26.0 Å². The fourth-order valence-electron chi connectivity index (χ4n) is 1.40. The number of carbonyl (C=O) groups excluding carboxylic acids is 1. The van der Waals surface area contributed by atoms with E-state index >= 15 is 0 Å². The molecule has 0 saturated carbocycles. The number of benzene rings is 1. The molecule has 1 atom stereocenters. The van der Waals surface area contributed by atoms with Crippen LogP contribution in [-0.2, 0) is 11.2 Å². The highest BCUT2D eigenvalue weighted by atomic mass is 16.3. The number of hydrogen-bond acceptors (Lipinski definition) is 2. The lowest BCUT2D eigenvalue weighted by molar-refractivity contribution is -0.121. The van der Waals surface area contributed by atoms with Crippen LogP contribution in [0.2, 0.25) is 0 Å². The summed E-state index contributed by atoms with van der Waals surface area (Å²) in [5, 5.41) is 9.34. The first kappa shape index (κ1) is 14.5. The van der Waals surface area contributed by atoms with E-state index in [-0.39, 0.29) is 19.3 Å². The van der Waals surface area contributed by atoms with E-state index in [0.29, 0.717) is 5.75 Å². The molecule has 0 unspecified atom stereocenters. The first-order valence-corrected chi connectivity index (χ1v) is 5.08. The monoisotopic (exact) mass is 223 g/mol. The molecule has 16 heavy (non-hydrogen) atoms. The summed E-state index contributed by atoms with van der Waals surface area (Å²) < 4.78 is 0. The van der Waals surface area contributed by atoms with Gasteiger partial charge in [-0.15, -0.1) is 0 Å². The van der Waals surface area contributed by atoms with Gasteiger partial charge < -0.3 is 10.8 Å². The van der Waals surface area contributed by atoms with Crippen molar-refractivity contribution in [3.05, 3.63) is 29.3 Å². The number of hydrogen-bond donors (Lipinski definition) is 2. The summed E-state index contributed by atoms with van der Waals surface area (Å²) in [6.07, 6.45) is 1.56. The molecule has 1 aromatic rings. The minimum Gasteiger partial charge on any atom is -0.508 e. The molecule has 1 aromatic carbocycles. The van der Waals surface area contributed by atoms with Crippen LogP contribution in [0, 0.1) is 12.8 Å². The van der Waals surface area contributed by atoms with Gasteiger partial charge in [0.1, 0.15) is 5.75 Å². The highest BCUT2D eigenvalue weighted by molar-refractivity contribution is 5.76. The maximum Gasteiger partial charge on any atom is 0.220 e. The number of amides is 1. The van der Waals surface area contributed by atoms with E-state index in [1.54, 1.807) is 6.07 Å². The molecule has 0 heterocycles. The van der Waals surface area contributed by atoms with Gasteiger partial charge >= 0.3 is 0 Å². The number of carbonyl (C=O) groups is 1. The van der Waals surface area contributed by atoms with Gasteiger partial charge in [0, 0.05) is 5.92 Å². The van der Waals surface area contributed by atoms with Crippen LogP contribution in [0.15, 0.2) is 18.2 Å². The number of nitrogens with two attached hydrogens (primary N) is 1. The van der Waals surface area contributed by atoms with Crippen molar-refractivity contribution < 1.29 is 9.90 Å². The van der Waals surface area contributed by atoms with Crippen LogP contribution in [0.1, 0.15) is 31.9 Å². The zero-order valence-electron chi connectivity index (χ0n) is 9.16. The van der Waals surface area contributed by atoms with E-state index in [4.69, 9.17) is 5.73 Å². The smallest absolute Gasteiger partial charge is 0.220 e. The van der Waals surface area contributed by atoms with Crippen molar-refractivity contribution in [3.8, 4) is 5.75 Å². The maximum absolute atomic E-state index is 10.8. The second-order valence-corrected chi connectivity index (χ2v) is 3.96. The lowest BCUT2D eigenvalue weighted by Gasteiger charge is -2.08. The maximum atomic E-state index is 10.8. The molecule has 3 N–H and O–H groups in total. The number of primary amides is 1. The average molecular weight is 223 g/mol. The number of rotatable bonds is 4. The van der Waals surface area contributed by atoms with Crippen LogP contribution >= 0.6 is 0 Å². The summed E-state index contributed by atoms with van der Waals surface area (Å²) in [5.41, 5.74) is 7.16. The summed E-state index contributed by atoms with van der Waals surface area (Å²) in [7, 11) is 0. The third-order valence-electron chi connectivity index (χ3n) is 2.61. The van der Waals surface area contributed by atoms with Gasteiger partial charge in [0.05, 0.1) is 0 Å². The van der Waals surface area contributed by atoms with Crippen molar-refractivity contribution in [1.82, 2.24) is 0 Å². The van der Waals surface area contributed by atoms with Gasteiger partial charge in [-0.05, 0) is 37.0 Å². The lowest BCUT2D eigenvalue weighted by Crippen LogP contribution is -2.20. The Labute approximate surface area is 97.3 Å². The predicted octanol–water partition coefficient (Wildman–Crippen LogP) is 2.39. The molecule has 0 aromatic heterocycles. The van der Waals surface area contributed by atoms with Crippen LogP contribution in [0.4, 0.5) is 0 Å². The fraction of sp³-hybridized carbons (Fsp3) is 0.462. The lowest BCUT2D eigenvalue weighted by atomic mass is 9.99. The zero-order chi connectivity index (χ0) is 11.4. The van der Waals surface area contributed by atoms with Crippen LogP contribution in [-0.4, -0.2) is 11.0 Å². The number of aromatic hydroxyl groups is 1. The third-order valence-corrected chi connectivity index (χ3v) is 2.61. The molecule has 3 nitrogen and oxygen atoms in total. The molecule has 0 bridgehead atoms. The summed E-state index contributed by atoms with van der Waals surface area (Å²) >= 11 is 0. The van der Waals surface area contributed by atoms with Crippen molar-refractivity contribution in [2.24, 2.45) is 11.7 Å². The molecular formula is C13H21NO2. The van der Waals surface area contributed by atoms with Gasteiger partial charge in [-0.1, -0.05) is 26.5 Å². The summed E-state index contributed by atoms with van der Waals surface area (Å²) in [6.45, 7) is 3.69. The Balaban J connectivity index is 0.00000225. The third kappa shape index (κ3) is 3.93. The Morgan fingerprint density at radius 3 is 2.62 bits per heavy atom. The Hall–Kier alpha value is -1.51. The fourth-order valence-corrected chi connectivity index (χ4v) is 1.40. The topological polar surface area (TPSA) is 63.3 Å². The molecule has 0 aliphatic heterocycles. The molecular weight excluding hydrogens is 202 g/mol. The highest BCUT2D eigenvalue weighted by Gasteiger charge is 2.08. The molecule has 0 radical (unpaired) electrons. The van der Waals surface area contributed by atoms with Gasteiger partial charge in [0.25, 0.3) is 0 Å². The van der Waals surface area contributed by atoms with E-state index in [2.05, 4.69) is 0 Å². The molecule has 0 fully saturated rings. The highest BCUT2D eigenvalue weighted by Crippen LogP contribution is 2.18. The molecule has 0 saturated heterocycles. The second-order valence-electron chi connectivity index (χ2n) is 3.96. The van der Waals surface area contributed by atoms with E-state index in [0.717, 1.165) is 24.0 Å². The molecule has 0 aliphatic rings. The van der Waals surface area contributed by atoms with Crippen LogP contribution < -0.4 is 5.73 Å². The van der Waals surface area contributed by atoms with Gasteiger partial charge in [-0.25, -0.2) is 0 Å². The normalized spacial score (nSPS) is 11.6. The van der Waals surface area contributed by atoms with E-state index < -0.39 is 0 Å². The van der Waals surface area contributed by atoms with E-state index in [1.165, 1.54) is 0 Å². The minimum absolute atomic E-state index is 0. The molecule has 3 heteroatoms. The van der Waals surface area contributed by atoms with Crippen LogP contribution in [0.3, 0.4) is 0 Å². The number of aryl methyl sites for hydroxylation is 2. The predicted molar refractivity (Wildman–Crippen MR) is 66.3 cm³/mol. The average Bonchev–Trinajstić information content (AvgIpc) is 2.19. The Bertz CT molecular complexity index is 361. The zero-order valence-corrected chi connectivity index (χ0v) is 9.16. The molecule has 0 spiro atoms. The van der Waals surface area contributed by atoms with E-state index in [9.17, 15) is 9.90 Å². The first-order valence-electron chi connectivity index (χ1n) is 5.08. The molecule has 0 aliphatic carbocycles. The summed E-state index contributed by atoms with van der Waals surface area (Å²) in [6, 6.07) is 5.48. The van der Waals surface area contributed by atoms with Gasteiger partial charge in [0.2, 0.25) is 5.91 Å². The van der Waals surface area contributed by atoms with Crippen molar-refractivity contribution >= 4 is 5.91 Å². The Morgan fingerprint density at radius 2 is 2.12 bits per heavy atom. The molecule has 1 amide bonds. The molecule has 90 valence electrons. The van der Waals surface area contributed by atoms with Crippen LogP contribution in [0.5, 0.6) is 5.75 Å².